The van der Waals surface area contributed by atoms with Crippen molar-refractivity contribution in [2.75, 3.05) is 6.54 Å². The Hall–Kier alpha value is -1.39. The van der Waals surface area contributed by atoms with E-state index in [2.05, 4.69) is 10.1 Å². The number of aromatic nitrogens is 2. The molecule has 4 nitrogen and oxygen atoms in total. The Bertz CT molecular complexity index is 572. The predicted octanol–water partition coefficient (Wildman–Crippen LogP) is 2.69. The van der Waals surface area contributed by atoms with Crippen LogP contribution in [0, 0.1) is 0 Å². The van der Waals surface area contributed by atoms with Gasteiger partial charge in [0.05, 0.1) is 5.41 Å². The summed E-state index contributed by atoms with van der Waals surface area (Å²) in [5.74, 6) is 1.35. The van der Waals surface area contributed by atoms with E-state index in [4.69, 9.17) is 21.9 Å². The molecule has 1 aromatic heterocycles. The van der Waals surface area contributed by atoms with Crippen LogP contribution in [0.15, 0.2) is 28.8 Å². The Kier molecular flexibility index (Phi) is 3.29. The Labute approximate surface area is 117 Å². The van der Waals surface area contributed by atoms with Crippen molar-refractivity contribution in [3.05, 3.63) is 46.6 Å². The molecule has 100 valence electrons. The predicted molar refractivity (Wildman–Crippen MR) is 73.1 cm³/mol. The van der Waals surface area contributed by atoms with E-state index in [-0.39, 0.29) is 5.41 Å². The summed E-state index contributed by atoms with van der Waals surface area (Å²) < 4.78 is 5.39. The maximum atomic E-state index is 6.13. The van der Waals surface area contributed by atoms with Crippen LogP contribution in [0.5, 0.6) is 0 Å². The van der Waals surface area contributed by atoms with E-state index in [1.54, 1.807) is 0 Å². The minimum atomic E-state index is -0.0776. The second-order valence-corrected chi connectivity index (χ2v) is 5.53. The van der Waals surface area contributed by atoms with Crippen molar-refractivity contribution in [2.24, 2.45) is 5.73 Å². The fourth-order valence-corrected chi connectivity index (χ4v) is 2.66. The third kappa shape index (κ3) is 2.26. The van der Waals surface area contributed by atoms with Crippen LogP contribution in [0.4, 0.5) is 0 Å². The molecule has 0 aliphatic heterocycles. The summed E-state index contributed by atoms with van der Waals surface area (Å²) in [6.45, 7) is 0.570. The quantitative estimate of drug-likeness (QED) is 0.933. The molecule has 2 N–H and O–H groups in total. The molecule has 1 aromatic carbocycles. The fraction of sp³-hybridized carbons (Fsp3) is 0.429. The second kappa shape index (κ2) is 4.94. The van der Waals surface area contributed by atoms with E-state index in [1.807, 2.05) is 24.3 Å². The summed E-state index contributed by atoms with van der Waals surface area (Å²) in [5, 5.41) is 4.78. The van der Waals surface area contributed by atoms with Gasteiger partial charge in [0.25, 0.3) is 0 Å². The first kappa shape index (κ1) is 12.6. The van der Waals surface area contributed by atoms with Crippen molar-refractivity contribution >= 4 is 11.6 Å². The van der Waals surface area contributed by atoms with Crippen LogP contribution >= 0.6 is 11.6 Å². The molecule has 1 fully saturated rings. The van der Waals surface area contributed by atoms with Gasteiger partial charge in [-0.2, -0.15) is 4.98 Å². The molecule has 0 spiro atoms. The molecule has 2 aromatic rings. The average Bonchev–Trinajstić information content (AvgIpc) is 2.81. The van der Waals surface area contributed by atoms with Crippen LogP contribution in [0.3, 0.4) is 0 Å². The van der Waals surface area contributed by atoms with Crippen LogP contribution in [0.25, 0.3) is 0 Å². The van der Waals surface area contributed by atoms with Gasteiger partial charge >= 0.3 is 0 Å². The summed E-state index contributed by atoms with van der Waals surface area (Å²) in [6.07, 6.45) is 3.84. The molecule has 0 bridgehead atoms. The van der Waals surface area contributed by atoms with E-state index in [0.29, 0.717) is 24.7 Å². The third-order valence-corrected chi connectivity index (χ3v) is 4.30. The van der Waals surface area contributed by atoms with Crippen molar-refractivity contribution in [3.63, 3.8) is 0 Å². The van der Waals surface area contributed by atoms with Gasteiger partial charge in [-0.1, -0.05) is 41.4 Å². The Morgan fingerprint density at radius 2 is 2.11 bits per heavy atom. The number of nitrogens with zero attached hydrogens (tertiary/aromatic N) is 2. The van der Waals surface area contributed by atoms with Crippen molar-refractivity contribution in [2.45, 2.75) is 31.1 Å². The van der Waals surface area contributed by atoms with Crippen LogP contribution in [-0.2, 0) is 11.8 Å². The van der Waals surface area contributed by atoms with Gasteiger partial charge in [-0.05, 0) is 24.5 Å². The molecule has 19 heavy (non-hydrogen) atoms. The second-order valence-electron chi connectivity index (χ2n) is 5.12. The normalized spacial score (nSPS) is 17.2. The summed E-state index contributed by atoms with van der Waals surface area (Å²) in [4.78, 5) is 4.50. The van der Waals surface area contributed by atoms with Gasteiger partial charge in [-0.25, -0.2) is 0 Å². The fourth-order valence-electron chi connectivity index (χ4n) is 2.46. The summed E-state index contributed by atoms with van der Waals surface area (Å²) >= 11 is 6.13. The number of halogens is 1. The highest BCUT2D eigenvalue weighted by Gasteiger charge is 2.42. The Morgan fingerprint density at radius 3 is 2.74 bits per heavy atom. The third-order valence-electron chi connectivity index (χ3n) is 3.93. The van der Waals surface area contributed by atoms with Gasteiger partial charge in [0.2, 0.25) is 5.89 Å². The largest absolute Gasteiger partial charge is 0.339 e. The number of hydrogen-bond acceptors (Lipinski definition) is 4. The molecule has 0 unspecified atom stereocenters. The van der Waals surface area contributed by atoms with Crippen molar-refractivity contribution in [1.29, 1.82) is 0 Å². The maximum absolute atomic E-state index is 6.13. The Morgan fingerprint density at radius 1 is 1.32 bits per heavy atom. The first-order chi connectivity index (χ1) is 9.23. The zero-order chi connectivity index (χ0) is 13.3. The smallest absolute Gasteiger partial charge is 0.234 e. The van der Waals surface area contributed by atoms with E-state index in [0.717, 1.165) is 23.4 Å². The van der Waals surface area contributed by atoms with Gasteiger partial charge in [-0.3, -0.25) is 0 Å². The van der Waals surface area contributed by atoms with E-state index < -0.39 is 0 Å². The number of benzene rings is 1. The molecule has 3 rings (SSSR count). The monoisotopic (exact) mass is 277 g/mol. The summed E-state index contributed by atoms with van der Waals surface area (Å²) in [7, 11) is 0. The topological polar surface area (TPSA) is 64.9 Å². The molecule has 0 radical (unpaired) electrons. The lowest BCUT2D eigenvalue weighted by molar-refractivity contribution is 0.181. The van der Waals surface area contributed by atoms with Gasteiger partial charge in [0, 0.05) is 18.0 Å². The molecule has 0 saturated heterocycles. The lowest BCUT2D eigenvalue weighted by Gasteiger charge is -2.36. The van der Waals surface area contributed by atoms with Gasteiger partial charge in [0.15, 0.2) is 5.82 Å². The van der Waals surface area contributed by atoms with E-state index >= 15 is 0 Å². The lowest BCUT2D eigenvalue weighted by Crippen LogP contribution is -2.41. The molecule has 0 atom stereocenters. The van der Waals surface area contributed by atoms with Crippen LogP contribution in [0.1, 0.15) is 36.5 Å². The SMILES string of the molecule is NCC1(c2nc(Cc3ccccc3Cl)no2)CCC1. The molecule has 1 heterocycles. The lowest BCUT2D eigenvalue weighted by atomic mass is 9.69. The maximum Gasteiger partial charge on any atom is 0.234 e. The number of hydrogen-bond donors (Lipinski definition) is 1. The van der Waals surface area contributed by atoms with Crippen LogP contribution < -0.4 is 5.73 Å². The minimum absolute atomic E-state index is 0.0776. The first-order valence-electron chi connectivity index (χ1n) is 6.50. The summed E-state index contributed by atoms with van der Waals surface area (Å²) in [5.41, 5.74) is 6.77. The van der Waals surface area contributed by atoms with E-state index in [1.165, 1.54) is 6.42 Å². The molecular weight excluding hydrogens is 262 g/mol. The average molecular weight is 278 g/mol. The van der Waals surface area contributed by atoms with Crippen LogP contribution in [-0.4, -0.2) is 16.7 Å². The molecule has 1 aliphatic carbocycles. The van der Waals surface area contributed by atoms with Gasteiger partial charge in [0.1, 0.15) is 0 Å². The highest BCUT2D eigenvalue weighted by atomic mass is 35.5. The molecular formula is C14H16ClN3O. The highest BCUT2D eigenvalue weighted by Crippen LogP contribution is 2.41. The molecule has 1 aliphatic rings. The van der Waals surface area contributed by atoms with Crippen molar-refractivity contribution in [1.82, 2.24) is 10.1 Å². The van der Waals surface area contributed by atoms with Gasteiger partial charge in [-0.15, -0.1) is 0 Å². The van der Waals surface area contributed by atoms with Crippen molar-refractivity contribution in [3.8, 4) is 0 Å². The zero-order valence-corrected chi connectivity index (χ0v) is 11.4. The highest BCUT2D eigenvalue weighted by molar-refractivity contribution is 6.31. The molecule has 5 heteroatoms. The number of rotatable bonds is 4. The van der Waals surface area contributed by atoms with Crippen LogP contribution in [0.2, 0.25) is 5.02 Å². The van der Waals surface area contributed by atoms with Gasteiger partial charge < -0.3 is 10.3 Å². The Balaban J connectivity index is 1.81. The molecule has 0 amide bonds. The standard InChI is InChI=1S/C14H16ClN3O/c15-11-5-2-1-4-10(11)8-12-17-13(19-18-12)14(9-16)6-3-7-14/h1-2,4-5H,3,6-9,16H2. The van der Waals surface area contributed by atoms with Crippen molar-refractivity contribution < 1.29 is 4.52 Å². The first-order valence-corrected chi connectivity index (χ1v) is 6.88. The number of nitrogens with two attached hydrogens (primary N) is 1. The van der Waals surface area contributed by atoms with E-state index in [9.17, 15) is 0 Å². The zero-order valence-electron chi connectivity index (χ0n) is 10.6. The summed E-state index contributed by atoms with van der Waals surface area (Å²) in [6, 6.07) is 7.70. The molecule has 1 saturated carbocycles. The minimum Gasteiger partial charge on any atom is -0.339 e.